The summed E-state index contributed by atoms with van der Waals surface area (Å²) in [4.78, 5) is 0. The van der Waals surface area contributed by atoms with Gasteiger partial charge in [-0.05, 0) is 36.8 Å². The molecule has 0 amide bonds. The topological polar surface area (TPSA) is 35.3 Å². The SMILES string of the molecule is Cc1onc(-c2c(Cl)cccc2Cl)c1COc1ccc(C2SCCS2)cc1. The van der Waals surface area contributed by atoms with Crippen molar-refractivity contribution in [3.8, 4) is 17.0 Å². The van der Waals surface area contributed by atoms with Crippen LogP contribution in [-0.2, 0) is 6.61 Å². The predicted molar refractivity (Wildman–Crippen MR) is 115 cm³/mol. The minimum Gasteiger partial charge on any atom is -0.489 e. The Morgan fingerprint density at radius 2 is 1.74 bits per heavy atom. The molecule has 3 aromatic rings. The minimum absolute atomic E-state index is 0.332. The maximum Gasteiger partial charge on any atom is 0.140 e. The molecule has 1 fully saturated rings. The molecule has 140 valence electrons. The highest BCUT2D eigenvalue weighted by atomic mass is 35.5. The molecule has 0 atom stereocenters. The third-order valence-corrected chi connectivity index (χ3v) is 8.08. The average Bonchev–Trinajstić information content (AvgIpc) is 3.31. The highest BCUT2D eigenvalue weighted by Gasteiger charge is 2.21. The van der Waals surface area contributed by atoms with Gasteiger partial charge in [0.2, 0.25) is 0 Å². The zero-order chi connectivity index (χ0) is 18.8. The van der Waals surface area contributed by atoms with Crippen LogP contribution < -0.4 is 4.74 Å². The molecule has 0 unspecified atom stereocenters. The van der Waals surface area contributed by atoms with Gasteiger partial charge >= 0.3 is 0 Å². The van der Waals surface area contributed by atoms with E-state index >= 15 is 0 Å². The minimum atomic E-state index is 0.332. The summed E-state index contributed by atoms with van der Waals surface area (Å²) in [5.41, 5.74) is 3.47. The fraction of sp³-hybridized carbons (Fsp3) is 0.250. The van der Waals surface area contributed by atoms with Gasteiger partial charge in [-0.2, -0.15) is 0 Å². The molecule has 1 aromatic heterocycles. The van der Waals surface area contributed by atoms with Crippen molar-refractivity contribution in [3.63, 3.8) is 0 Å². The van der Waals surface area contributed by atoms with Crippen LogP contribution in [0.2, 0.25) is 10.0 Å². The number of benzene rings is 2. The van der Waals surface area contributed by atoms with Crippen LogP contribution in [0.15, 0.2) is 47.0 Å². The van der Waals surface area contributed by atoms with Crippen molar-refractivity contribution in [1.29, 1.82) is 0 Å². The van der Waals surface area contributed by atoms with Crippen molar-refractivity contribution in [2.75, 3.05) is 11.5 Å². The molecule has 0 aliphatic carbocycles. The Bertz CT molecular complexity index is 917. The van der Waals surface area contributed by atoms with E-state index in [1.807, 2.05) is 42.6 Å². The van der Waals surface area contributed by atoms with Crippen molar-refractivity contribution in [2.45, 2.75) is 18.1 Å². The van der Waals surface area contributed by atoms with E-state index in [1.54, 1.807) is 18.2 Å². The number of aromatic nitrogens is 1. The lowest BCUT2D eigenvalue weighted by molar-refractivity contribution is 0.302. The average molecular weight is 438 g/mol. The van der Waals surface area contributed by atoms with Gasteiger partial charge in [-0.25, -0.2) is 0 Å². The maximum absolute atomic E-state index is 6.33. The number of ether oxygens (including phenoxy) is 1. The number of halogens is 2. The Kier molecular flexibility index (Phi) is 5.93. The normalized spacial score (nSPS) is 14.6. The van der Waals surface area contributed by atoms with Crippen LogP contribution in [0.3, 0.4) is 0 Å². The van der Waals surface area contributed by atoms with Gasteiger partial charge in [0, 0.05) is 17.1 Å². The fourth-order valence-electron chi connectivity index (χ4n) is 2.91. The van der Waals surface area contributed by atoms with Gasteiger partial charge in [-0.1, -0.05) is 46.6 Å². The predicted octanol–water partition coefficient (Wildman–Crippen LogP) is 7.01. The van der Waals surface area contributed by atoms with E-state index in [4.69, 9.17) is 32.5 Å². The van der Waals surface area contributed by atoms with Crippen molar-refractivity contribution in [1.82, 2.24) is 5.16 Å². The fourth-order valence-corrected chi connectivity index (χ4v) is 6.34. The zero-order valence-corrected chi connectivity index (χ0v) is 17.7. The second-order valence-corrected chi connectivity index (χ2v) is 9.63. The lowest BCUT2D eigenvalue weighted by Crippen LogP contribution is -1.99. The molecule has 2 heterocycles. The monoisotopic (exact) mass is 437 g/mol. The van der Waals surface area contributed by atoms with Gasteiger partial charge in [0.25, 0.3) is 0 Å². The van der Waals surface area contributed by atoms with Crippen LogP contribution >= 0.6 is 46.7 Å². The molecule has 7 heteroatoms. The lowest BCUT2D eigenvalue weighted by atomic mass is 10.1. The molecule has 0 saturated carbocycles. The molecule has 3 nitrogen and oxygen atoms in total. The van der Waals surface area contributed by atoms with E-state index in [0.717, 1.165) is 11.3 Å². The molecule has 2 aromatic carbocycles. The number of aryl methyl sites for hydroxylation is 1. The molecular formula is C20H17Cl2NO2S2. The molecule has 27 heavy (non-hydrogen) atoms. The highest BCUT2D eigenvalue weighted by Crippen LogP contribution is 2.45. The van der Waals surface area contributed by atoms with Crippen LogP contribution in [-0.4, -0.2) is 16.7 Å². The number of hydrogen-bond donors (Lipinski definition) is 0. The highest BCUT2D eigenvalue weighted by molar-refractivity contribution is 8.19. The summed E-state index contributed by atoms with van der Waals surface area (Å²) < 4.78 is 11.9. The summed E-state index contributed by atoms with van der Waals surface area (Å²) in [5.74, 6) is 3.93. The molecule has 0 radical (unpaired) electrons. The summed E-state index contributed by atoms with van der Waals surface area (Å²) in [6.45, 7) is 2.19. The van der Waals surface area contributed by atoms with E-state index in [9.17, 15) is 0 Å². The molecule has 0 N–H and O–H groups in total. The first-order valence-corrected chi connectivity index (χ1v) is 11.3. The van der Waals surface area contributed by atoms with E-state index in [-0.39, 0.29) is 0 Å². The van der Waals surface area contributed by atoms with Crippen LogP contribution in [0.1, 0.15) is 21.5 Å². The van der Waals surface area contributed by atoms with Gasteiger partial charge in [-0.3, -0.25) is 0 Å². The summed E-state index contributed by atoms with van der Waals surface area (Å²) >= 11 is 16.6. The zero-order valence-electron chi connectivity index (χ0n) is 14.6. The quantitative estimate of drug-likeness (QED) is 0.428. The number of thioether (sulfide) groups is 2. The third kappa shape index (κ3) is 4.11. The molecule has 1 aliphatic rings. The smallest absolute Gasteiger partial charge is 0.140 e. The summed E-state index contributed by atoms with van der Waals surface area (Å²) in [5, 5.41) is 5.23. The number of hydrogen-bond acceptors (Lipinski definition) is 5. The Balaban J connectivity index is 1.53. The molecule has 0 spiro atoms. The van der Waals surface area contributed by atoms with Crippen LogP contribution in [0, 0.1) is 6.92 Å². The summed E-state index contributed by atoms with van der Waals surface area (Å²) in [7, 11) is 0. The van der Waals surface area contributed by atoms with E-state index < -0.39 is 0 Å². The van der Waals surface area contributed by atoms with Gasteiger partial charge in [0.1, 0.15) is 23.8 Å². The first-order chi connectivity index (χ1) is 13.1. The standard InChI is InChI=1S/C20H17Cl2NO2S2/c1-12-15(19(23-25-12)18-16(21)3-2-4-17(18)22)11-24-14-7-5-13(6-8-14)20-26-9-10-27-20/h2-8,20H,9-11H2,1H3. The molecule has 1 aliphatic heterocycles. The van der Waals surface area contributed by atoms with Crippen molar-refractivity contribution in [3.05, 3.63) is 69.4 Å². The molecular weight excluding hydrogens is 421 g/mol. The first kappa shape index (κ1) is 19.1. The van der Waals surface area contributed by atoms with Crippen molar-refractivity contribution in [2.24, 2.45) is 0 Å². The Labute approximate surface area is 176 Å². The number of nitrogens with zero attached hydrogens (tertiary/aromatic N) is 1. The van der Waals surface area contributed by atoms with E-state index in [1.165, 1.54) is 17.1 Å². The Hall–Kier alpha value is -1.27. The summed E-state index contributed by atoms with van der Waals surface area (Å²) in [6, 6.07) is 13.7. The van der Waals surface area contributed by atoms with Crippen molar-refractivity contribution < 1.29 is 9.26 Å². The summed E-state index contributed by atoms with van der Waals surface area (Å²) in [6.07, 6.45) is 0. The van der Waals surface area contributed by atoms with Gasteiger partial charge in [0.05, 0.1) is 20.2 Å². The molecule has 1 saturated heterocycles. The first-order valence-electron chi connectivity index (χ1n) is 8.49. The second-order valence-electron chi connectivity index (χ2n) is 6.09. The van der Waals surface area contributed by atoms with Gasteiger partial charge in [-0.15, -0.1) is 23.5 Å². The van der Waals surface area contributed by atoms with Crippen molar-refractivity contribution >= 4 is 46.7 Å². The Morgan fingerprint density at radius 1 is 1.07 bits per heavy atom. The van der Waals surface area contributed by atoms with Crippen LogP contribution in [0.4, 0.5) is 0 Å². The Morgan fingerprint density at radius 3 is 2.41 bits per heavy atom. The van der Waals surface area contributed by atoms with E-state index in [2.05, 4.69) is 17.3 Å². The van der Waals surface area contributed by atoms with Crippen LogP contribution in [0.5, 0.6) is 5.75 Å². The third-order valence-electron chi connectivity index (χ3n) is 4.34. The van der Waals surface area contributed by atoms with Crippen LogP contribution in [0.25, 0.3) is 11.3 Å². The van der Waals surface area contributed by atoms with Gasteiger partial charge in [0.15, 0.2) is 0 Å². The molecule has 4 rings (SSSR count). The van der Waals surface area contributed by atoms with Gasteiger partial charge < -0.3 is 9.26 Å². The number of rotatable bonds is 5. The van der Waals surface area contributed by atoms with E-state index in [0.29, 0.717) is 38.3 Å². The molecule has 0 bridgehead atoms. The second kappa shape index (κ2) is 8.39. The largest absolute Gasteiger partial charge is 0.489 e. The maximum atomic E-state index is 6.33. The lowest BCUT2D eigenvalue weighted by Gasteiger charge is -2.11.